The molecule has 4 N–H and O–H groups in total. The Balaban J connectivity index is 1.63. The molecule has 0 aliphatic carbocycles. The molecular weight excluding hydrogens is 298 g/mol. The Bertz CT molecular complexity index is 699. The lowest BCUT2D eigenvalue weighted by atomic mass is 10.2. The molecule has 23 heavy (non-hydrogen) atoms. The smallest absolute Gasteiger partial charge is 0.258 e. The van der Waals surface area contributed by atoms with Gasteiger partial charge in [0.2, 0.25) is 5.91 Å². The van der Waals surface area contributed by atoms with Gasteiger partial charge in [-0.2, -0.15) is 0 Å². The molecule has 2 amide bonds. The van der Waals surface area contributed by atoms with Crippen LogP contribution in [0.15, 0.2) is 47.3 Å². The van der Waals surface area contributed by atoms with Crippen LogP contribution in [-0.4, -0.2) is 35.6 Å². The number of benzene rings is 1. The number of aliphatic hydroxyl groups is 1. The molecule has 1 saturated heterocycles. The van der Waals surface area contributed by atoms with Crippen molar-refractivity contribution in [2.24, 2.45) is 0 Å². The molecule has 1 aromatic heterocycles. The monoisotopic (exact) mass is 315 g/mol. The molecule has 2 atom stereocenters. The van der Waals surface area contributed by atoms with Gasteiger partial charge < -0.3 is 25.5 Å². The largest absolute Gasteiger partial charge is 0.472 e. The van der Waals surface area contributed by atoms with Gasteiger partial charge in [0, 0.05) is 17.9 Å². The van der Waals surface area contributed by atoms with E-state index in [1.54, 1.807) is 30.3 Å². The Morgan fingerprint density at radius 1 is 1.22 bits per heavy atom. The number of carbonyl (C=O) groups is 2. The zero-order chi connectivity index (χ0) is 16.2. The maximum absolute atomic E-state index is 12.1. The number of β-amino-alcohol motifs (C(OH)–C–C–N with tert-alkyl or cyclic N) is 1. The van der Waals surface area contributed by atoms with Crippen LogP contribution in [0.4, 0.5) is 11.4 Å². The fourth-order valence-electron chi connectivity index (χ4n) is 2.42. The van der Waals surface area contributed by atoms with Crippen LogP contribution < -0.4 is 16.0 Å². The molecule has 2 aromatic rings. The number of hydrogen-bond donors (Lipinski definition) is 4. The number of aliphatic hydroxyl groups excluding tert-OH is 1. The lowest BCUT2D eigenvalue weighted by Crippen LogP contribution is -2.35. The van der Waals surface area contributed by atoms with Gasteiger partial charge in [0.15, 0.2) is 0 Å². The van der Waals surface area contributed by atoms with Crippen molar-refractivity contribution < 1.29 is 19.1 Å². The van der Waals surface area contributed by atoms with Gasteiger partial charge >= 0.3 is 0 Å². The van der Waals surface area contributed by atoms with E-state index in [-0.39, 0.29) is 11.8 Å². The average Bonchev–Trinajstić information content (AvgIpc) is 3.18. The number of carbonyl (C=O) groups excluding carboxylic acids is 2. The molecule has 1 aliphatic heterocycles. The van der Waals surface area contributed by atoms with Crippen molar-refractivity contribution >= 4 is 23.2 Å². The molecule has 3 rings (SSSR count). The van der Waals surface area contributed by atoms with Crippen LogP contribution in [0.5, 0.6) is 0 Å². The van der Waals surface area contributed by atoms with Crippen LogP contribution in [-0.2, 0) is 4.79 Å². The average molecular weight is 315 g/mol. The van der Waals surface area contributed by atoms with Gasteiger partial charge in [0.1, 0.15) is 6.26 Å². The Kier molecular flexibility index (Phi) is 4.40. The summed E-state index contributed by atoms with van der Waals surface area (Å²) in [6.45, 7) is 0.416. The number of amides is 2. The Labute approximate surface area is 132 Å². The van der Waals surface area contributed by atoms with Crippen LogP contribution in [0.1, 0.15) is 16.8 Å². The Morgan fingerprint density at radius 3 is 2.65 bits per heavy atom. The third kappa shape index (κ3) is 3.77. The summed E-state index contributed by atoms with van der Waals surface area (Å²) in [5, 5.41) is 17.9. The first-order valence-electron chi connectivity index (χ1n) is 7.28. The van der Waals surface area contributed by atoms with Crippen molar-refractivity contribution in [3.63, 3.8) is 0 Å². The molecular formula is C16H17N3O4. The van der Waals surface area contributed by atoms with E-state index in [2.05, 4.69) is 16.0 Å². The first-order valence-corrected chi connectivity index (χ1v) is 7.28. The molecule has 7 nitrogen and oxygen atoms in total. The van der Waals surface area contributed by atoms with Gasteiger partial charge in [0.25, 0.3) is 5.91 Å². The zero-order valence-corrected chi connectivity index (χ0v) is 12.3. The molecule has 120 valence electrons. The highest BCUT2D eigenvalue weighted by atomic mass is 16.3. The van der Waals surface area contributed by atoms with Crippen LogP contribution in [0.2, 0.25) is 0 Å². The molecule has 1 aliphatic rings. The number of furan rings is 1. The van der Waals surface area contributed by atoms with Crippen molar-refractivity contribution in [2.45, 2.75) is 18.6 Å². The highest BCUT2D eigenvalue weighted by Crippen LogP contribution is 2.17. The van der Waals surface area contributed by atoms with E-state index in [1.165, 1.54) is 12.5 Å². The molecule has 0 saturated carbocycles. The third-order valence-electron chi connectivity index (χ3n) is 3.60. The summed E-state index contributed by atoms with van der Waals surface area (Å²) in [5.74, 6) is -0.498. The second kappa shape index (κ2) is 6.64. The number of anilines is 2. The van der Waals surface area contributed by atoms with Crippen molar-refractivity contribution in [1.82, 2.24) is 5.32 Å². The minimum Gasteiger partial charge on any atom is -0.472 e. The topological polar surface area (TPSA) is 104 Å². The number of nitrogens with one attached hydrogen (secondary N) is 3. The summed E-state index contributed by atoms with van der Waals surface area (Å²) < 4.78 is 4.87. The van der Waals surface area contributed by atoms with E-state index < -0.39 is 12.1 Å². The summed E-state index contributed by atoms with van der Waals surface area (Å²) in [5.41, 5.74) is 1.56. The zero-order valence-electron chi connectivity index (χ0n) is 12.3. The molecule has 0 spiro atoms. The molecule has 2 heterocycles. The van der Waals surface area contributed by atoms with E-state index in [4.69, 9.17) is 4.42 Å². The van der Waals surface area contributed by atoms with Gasteiger partial charge in [-0.3, -0.25) is 9.59 Å². The van der Waals surface area contributed by atoms with E-state index >= 15 is 0 Å². The minimum atomic E-state index is -0.494. The Morgan fingerprint density at radius 2 is 2.00 bits per heavy atom. The maximum Gasteiger partial charge on any atom is 0.258 e. The fourth-order valence-corrected chi connectivity index (χ4v) is 2.42. The van der Waals surface area contributed by atoms with Crippen molar-refractivity contribution in [2.75, 3.05) is 17.2 Å². The van der Waals surface area contributed by atoms with Crippen molar-refractivity contribution in [3.05, 3.63) is 48.4 Å². The van der Waals surface area contributed by atoms with Crippen LogP contribution in [0, 0.1) is 0 Å². The van der Waals surface area contributed by atoms with Gasteiger partial charge in [-0.25, -0.2) is 0 Å². The third-order valence-corrected chi connectivity index (χ3v) is 3.60. The SMILES string of the molecule is O=C(Nc1cccc(NC(=O)C2CC(O)CN2)c1)c1ccoc1. The van der Waals surface area contributed by atoms with Crippen molar-refractivity contribution in [3.8, 4) is 0 Å². The van der Waals surface area contributed by atoms with Gasteiger partial charge in [-0.05, 0) is 30.7 Å². The first kappa shape index (κ1) is 15.3. The molecule has 7 heteroatoms. The Hall–Kier alpha value is -2.64. The van der Waals surface area contributed by atoms with Gasteiger partial charge in [0.05, 0.1) is 24.0 Å². The number of hydrogen-bond acceptors (Lipinski definition) is 5. The minimum absolute atomic E-state index is 0.208. The van der Waals surface area contributed by atoms with E-state index in [0.29, 0.717) is 29.9 Å². The predicted molar refractivity (Wildman–Crippen MR) is 84.1 cm³/mol. The lowest BCUT2D eigenvalue weighted by molar-refractivity contribution is -0.117. The van der Waals surface area contributed by atoms with E-state index in [1.807, 2.05) is 0 Å². The van der Waals surface area contributed by atoms with E-state index in [0.717, 1.165) is 0 Å². The summed E-state index contributed by atoms with van der Waals surface area (Å²) >= 11 is 0. The molecule has 2 unspecified atom stereocenters. The standard InChI is InChI=1S/C16H17N3O4/c20-13-7-14(17-8-13)16(22)19-12-3-1-2-11(6-12)18-15(21)10-4-5-23-9-10/h1-6,9,13-14,17,20H,7-8H2,(H,18,21)(H,19,22). The summed E-state index contributed by atoms with van der Waals surface area (Å²) in [6.07, 6.45) is 2.68. The second-order valence-corrected chi connectivity index (χ2v) is 5.39. The highest BCUT2D eigenvalue weighted by Gasteiger charge is 2.27. The predicted octanol–water partition coefficient (Wildman–Crippen LogP) is 1.19. The van der Waals surface area contributed by atoms with Crippen molar-refractivity contribution in [1.29, 1.82) is 0 Å². The quantitative estimate of drug-likeness (QED) is 0.678. The van der Waals surface area contributed by atoms with Crippen LogP contribution >= 0.6 is 0 Å². The highest BCUT2D eigenvalue weighted by molar-refractivity contribution is 6.04. The summed E-state index contributed by atoms with van der Waals surface area (Å²) in [6, 6.07) is 8.02. The summed E-state index contributed by atoms with van der Waals surface area (Å²) in [4.78, 5) is 24.1. The molecule has 0 radical (unpaired) electrons. The molecule has 1 fully saturated rings. The molecule has 1 aromatic carbocycles. The molecule has 0 bridgehead atoms. The van der Waals surface area contributed by atoms with E-state index in [9.17, 15) is 14.7 Å². The van der Waals surface area contributed by atoms with Crippen LogP contribution in [0.3, 0.4) is 0 Å². The van der Waals surface area contributed by atoms with Gasteiger partial charge in [-0.1, -0.05) is 6.07 Å². The first-order chi connectivity index (χ1) is 11.1. The lowest BCUT2D eigenvalue weighted by Gasteiger charge is -2.12. The number of rotatable bonds is 4. The fraction of sp³-hybridized carbons (Fsp3) is 0.250. The second-order valence-electron chi connectivity index (χ2n) is 5.39. The summed E-state index contributed by atoms with van der Waals surface area (Å²) in [7, 11) is 0. The van der Waals surface area contributed by atoms with Crippen LogP contribution in [0.25, 0.3) is 0 Å². The normalized spacial score (nSPS) is 20.2. The van der Waals surface area contributed by atoms with Gasteiger partial charge in [-0.15, -0.1) is 0 Å². The maximum atomic E-state index is 12.1.